The summed E-state index contributed by atoms with van der Waals surface area (Å²) in [5, 5.41) is 11.7. The molecular formula is C23H31ClO5. The lowest BCUT2D eigenvalue weighted by Crippen LogP contribution is -2.70. The summed E-state index contributed by atoms with van der Waals surface area (Å²) in [7, 11) is 0. The van der Waals surface area contributed by atoms with Gasteiger partial charge >= 0.3 is 0 Å². The Morgan fingerprint density at radius 1 is 1.10 bits per heavy atom. The van der Waals surface area contributed by atoms with Crippen molar-refractivity contribution in [3.63, 3.8) is 0 Å². The average Bonchev–Trinajstić information content (AvgIpc) is 2.92. The average molecular weight is 423 g/mol. The Morgan fingerprint density at radius 2 is 1.90 bits per heavy atom. The maximum atomic E-state index is 10.9. The first kappa shape index (κ1) is 20.2. The molecule has 1 saturated carbocycles. The van der Waals surface area contributed by atoms with Gasteiger partial charge in [-0.1, -0.05) is 30.7 Å². The molecule has 1 aliphatic carbocycles. The Hall–Kier alpha value is -0.690. The largest absolute Gasteiger partial charge is 0.368 e. The van der Waals surface area contributed by atoms with Gasteiger partial charge in [-0.05, 0) is 75.0 Å². The summed E-state index contributed by atoms with van der Waals surface area (Å²) in [4.78, 5) is 12.0. The lowest BCUT2D eigenvalue weighted by Gasteiger charge is -2.60. The molecule has 0 radical (unpaired) electrons. The van der Waals surface area contributed by atoms with E-state index in [4.69, 9.17) is 30.8 Å². The number of fused-ring (bicyclic) bond motifs is 2. The van der Waals surface area contributed by atoms with E-state index >= 15 is 0 Å². The van der Waals surface area contributed by atoms with Crippen LogP contribution in [0.15, 0.2) is 24.3 Å². The van der Waals surface area contributed by atoms with Gasteiger partial charge in [0.15, 0.2) is 18.2 Å². The highest BCUT2D eigenvalue weighted by Gasteiger charge is 2.69. The summed E-state index contributed by atoms with van der Waals surface area (Å²) in [6.45, 7) is 4.21. The summed E-state index contributed by atoms with van der Waals surface area (Å²) < 4.78 is 12.3. The van der Waals surface area contributed by atoms with Crippen molar-refractivity contribution in [1.29, 1.82) is 0 Å². The monoisotopic (exact) mass is 422 g/mol. The van der Waals surface area contributed by atoms with Crippen LogP contribution in [0.4, 0.5) is 0 Å². The minimum Gasteiger partial charge on any atom is -0.368 e. The molecule has 1 aromatic rings. The second-order valence-electron chi connectivity index (χ2n) is 9.62. The molecule has 0 amide bonds. The molecule has 4 heterocycles. The lowest BCUT2D eigenvalue weighted by atomic mass is 9.57. The van der Waals surface area contributed by atoms with Gasteiger partial charge in [0, 0.05) is 23.3 Å². The topological polar surface area (TPSA) is 57.2 Å². The predicted octanol–water partition coefficient (Wildman–Crippen LogP) is 4.84. The Morgan fingerprint density at radius 3 is 2.69 bits per heavy atom. The molecule has 1 spiro atoms. The predicted molar refractivity (Wildman–Crippen MR) is 108 cm³/mol. The lowest BCUT2D eigenvalue weighted by molar-refractivity contribution is -0.577. The van der Waals surface area contributed by atoms with Crippen LogP contribution in [0.1, 0.15) is 57.9 Å². The van der Waals surface area contributed by atoms with Crippen LogP contribution in [0.2, 0.25) is 5.02 Å². The Labute approximate surface area is 177 Å². The maximum Gasteiger partial charge on any atom is 0.201 e. The van der Waals surface area contributed by atoms with Crippen molar-refractivity contribution in [2.24, 2.45) is 23.7 Å². The number of hydrogen-bond acceptors (Lipinski definition) is 5. The van der Waals surface area contributed by atoms with Crippen LogP contribution >= 0.6 is 11.6 Å². The van der Waals surface area contributed by atoms with Crippen molar-refractivity contribution in [1.82, 2.24) is 0 Å². The highest BCUT2D eigenvalue weighted by Crippen LogP contribution is 2.60. The fraction of sp³-hybridized carbons (Fsp3) is 0.739. The molecule has 8 atom stereocenters. The van der Waals surface area contributed by atoms with E-state index in [1.807, 2.05) is 19.1 Å². The fourth-order valence-corrected chi connectivity index (χ4v) is 6.40. The SMILES string of the molecule is C[C@@H]1CC[C@H]2[C@@H](CCCc3ccc(Cl)cc3)C(O)O[C@@H]3O[C@@]4(C)CC[C@@H]1[C@]32OO4. The Balaban J connectivity index is 1.37. The van der Waals surface area contributed by atoms with Gasteiger partial charge in [0.05, 0.1) is 0 Å². The van der Waals surface area contributed by atoms with Crippen LogP contribution in [0.3, 0.4) is 0 Å². The second-order valence-corrected chi connectivity index (χ2v) is 10.1. The molecule has 160 valence electrons. The fourth-order valence-electron chi connectivity index (χ4n) is 6.27. The highest BCUT2D eigenvalue weighted by atomic mass is 35.5. The zero-order valence-corrected chi connectivity index (χ0v) is 17.9. The van der Waals surface area contributed by atoms with E-state index in [0.29, 0.717) is 11.8 Å². The minimum atomic E-state index is -0.832. The zero-order valence-electron chi connectivity index (χ0n) is 17.2. The Bertz CT molecular complexity index is 741. The zero-order chi connectivity index (χ0) is 20.2. The van der Waals surface area contributed by atoms with E-state index in [1.54, 1.807) is 0 Å². The number of aliphatic hydroxyl groups excluding tert-OH is 1. The third kappa shape index (κ3) is 3.35. The smallest absolute Gasteiger partial charge is 0.201 e. The van der Waals surface area contributed by atoms with E-state index < -0.39 is 24.0 Å². The molecule has 1 unspecified atom stereocenters. The van der Waals surface area contributed by atoms with Crippen LogP contribution in [0, 0.1) is 23.7 Å². The second kappa shape index (κ2) is 7.47. The van der Waals surface area contributed by atoms with Gasteiger partial charge in [-0.2, -0.15) is 0 Å². The number of rotatable bonds is 4. The van der Waals surface area contributed by atoms with Gasteiger partial charge in [0.1, 0.15) is 0 Å². The molecule has 5 aliphatic rings. The molecule has 5 nitrogen and oxygen atoms in total. The molecule has 6 rings (SSSR count). The summed E-state index contributed by atoms with van der Waals surface area (Å²) in [5.74, 6) is 0.240. The first-order valence-electron chi connectivity index (χ1n) is 11.0. The van der Waals surface area contributed by atoms with Crippen LogP contribution in [0.5, 0.6) is 0 Å². The van der Waals surface area contributed by atoms with E-state index in [9.17, 15) is 5.11 Å². The summed E-state index contributed by atoms with van der Waals surface area (Å²) >= 11 is 5.99. The Kier molecular flexibility index (Phi) is 5.21. The molecule has 6 heteroatoms. The van der Waals surface area contributed by atoms with E-state index in [0.717, 1.165) is 50.0 Å². The minimum absolute atomic E-state index is 0.0169. The molecule has 4 aliphatic heterocycles. The highest BCUT2D eigenvalue weighted by molar-refractivity contribution is 6.30. The molecule has 0 aromatic heterocycles. The molecular weight excluding hydrogens is 392 g/mol. The summed E-state index contributed by atoms with van der Waals surface area (Å²) in [6.07, 6.45) is 5.35. The van der Waals surface area contributed by atoms with Crippen LogP contribution in [-0.4, -0.2) is 29.1 Å². The molecule has 29 heavy (non-hydrogen) atoms. The molecule has 2 bridgehead atoms. The first-order chi connectivity index (χ1) is 13.9. The van der Waals surface area contributed by atoms with Crippen LogP contribution < -0.4 is 0 Å². The van der Waals surface area contributed by atoms with Gasteiger partial charge in [-0.25, -0.2) is 9.78 Å². The number of halogens is 1. The summed E-state index contributed by atoms with van der Waals surface area (Å²) in [5.41, 5.74) is 0.648. The third-order valence-electron chi connectivity index (χ3n) is 7.84. The number of aryl methyl sites for hydroxylation is 1. The normalized spacial score (nSPS) is 46.2. The third-order valence-corrected chi connectivity index (χ3v) is 8.09. The first-order valence-corrected chi connectivity index (χ1v) is 11.4. The molecule has 4 saturated heterocycles. The van der Waals surface area contributed by atoms with Gasteiger partial charge in [0.2, 0.25) is 5.79 Å². The quantitative estimate of drug-likeness (QED) is 0.703. The van der Waals surface area contributed by atoms with E-state index in [-0.39, 0.29) is 11.8 Å². The van der Waals surface area contributed by atoms with Crippen LogP contribution in [0.25, 0.3) is 0 Å². The van der Waals surface area contributed by atoms with Crippen molar-refractivity contribution in [2.75, 3.05) is 0 Å². The standard InChI is InChI=1S/C23H31ClO5/c1-14-6-11-19-17(5-3-4-15-7-9-16(24)10-8-15)20(25)26-21-23(19)18(14)12-13-22(2,27-21)28-29-23/h7-10,14,17-21,25H,3-6,11-13H2,1-2H3/t14-,17-,18+,19+,20?,21-,22-,23-/m1/s1. The van der Waals surface area contributed by atoms with Gasteiger partial charge in [-0.3, -0.25) is 0 Å². The van der Waals surface area contributed by atoms with E-state index in [2.05, 4.69) is 19.1 Å². The number of benzene rings is 1. The van der Waals surface area contributed by atoms with Gasteiger partial charge < -0.3 is 14.6 Å². The number of hydrogen-bond donors (Lipinski definition) is 1. The van der Waals surface area contributed by atoms with Crippen molar-refractivity contribution in [3.05, 3.63) is 34.9 Å². The van der Waals surface area contributed by atoms with Gasteiger partial charge in [0.25, 0.3) is 0 Å². The van der Waals surface area contributed by atoms with Crippen molar-refractivity contribution in [3.8, 4) is 0 Å². The van der Waals surface area contributed by atoms with Gasteiger partial charge in [-0.15, -0.1) is 0 Å². The maximum absolute atomic E-state index is 10.9. The van der Waals surface area contributed by atoms with Crippen LogP contribution in [-0.2, 0) is 25.7 Å². The molecule has 5 fully saturated rings. The summed E-state index contributed by atoms with van der Waals surface area (Å²) in [6, 6.07) is 8.00. The van der Waals surface area contributed by atoms with Crippen molar-refractivity contribution >= 4 is 11.6 Å². The molecule has 1 aromatic carbocycles. The van der Waals surface area contributed by atoms with Crippen molar-refractivity contribution < 1.29 is 24.4 Å². The van der Waals surface area contributed by atoms with E-state index in [1.165, 1.54) is 5.56 Å². The molecule has 1 N–H and O–H groups in total. The number of ether oxygens (including phenoxy) is 2. The number of aliphatic hydroxyl groups is 1. The van der Waals surface area contributed by atoms with Crippen molar-refractivity contribution in [2.45, 2.75) is 82.8 Å².